The average molecular weight is 375 g/mol. The molecule has 1 fully saturated rings. The van der Waals surface area contributed by atoms with E-state index in [-0.39, 0.29) is 29.7 Å². The van der Waals surface area contributed by atoms with Gasteiger partial charge in [0, 0.05) is 31.2 Å². The maximum Gasteiger partial charge on any atom is 0.251 e. The van der Waals surface area contributed by atoms with Crippen LogP contribution in [0.5, 0.6) is 0 Å². The number of amides is 2. The molecule has 2 heterocycles. The summed E-state index contributed by atoms with van der Waals surface area (Å²) >= 11 is 1.63. The largest absolute Gasteiger partial charge is 0.355 e. The maximum absolute atomic E-state index is 13.0. The number of hydrogen-bond acceptors (Lipinski definition) is 4. The smallest absolute Gasteiger partial charge is 0.251 e. The van der Waals surface area contributed by atoms with Gasteiger partial charge in [0.1, 0.15) is 5.82 Å². The molecule has 2 amide bonds. The fourth-order valence-electron chi connectivity index (χ4n) is 3.23. The zero-order valence-corrected chi connectivity index (χ0v) is 15.4. The summed E-state index contributed by atoms with van der Waals surface area (Å²) in [5.74, 6) is -0.635. The summed E-state index contributed by atoms with van der Waals surface area (Å²) in [5.41, 5.74) is 1.58. The number of likely N-dealkylation sites (N-methyl/N-ethyl adjacent to an activating group) is 1. The maximum atomic E-state index is 13.0. The van der Waals surface area contributed by atoms with Gasteiger partial charge in [-0.2, -0.15) is 11.3 Å². The van der Waals surface area contributed by atoms with Crippen molar-refractivity contribution in [2.45, 2.75) is 32.0 Å². The van der Waals surface area contributed by atoms with E-state index in [1.54, 1.807) is 11.3 Å². The summed E-state index contributed by atoms with van der Waals surface area (Å²) in [7, 11) is 0. The number of rotatable bonds is 6. The number of carbonyl (C=O) groups is 2. The highest BCUT2D eigenvalue weighted by molar-refractivity contribution is 7.07. The van der Waals surface area contributed by atoms with E-state index in [0.29, 0.717) is 31.6 Å². The van der Waals surface area contributed by atoms with Crippen molar-refractivity contribution < 1.29 is 14.0 Å². The van der Waals surface area contributed by atoms with E-state index in [0.717, 1.165) is 5.56 Å². The molecule has 2 N–H and O–H groups in total. The molecule has 138 valence electrons. The number of nitrogens with zero attached hydrogens (tertiary/aromatic N) is 1. The molecule has 2 aromatic rings. The monoisotopic (exact) mass is 375 g/mol. The SMILES string of the molecule is CCNC(=O)[C@@H]1C[C@H](NC(=O)c2ccc(F)cc2)CN1Cc1ccsc1. The number of halogens is 1. The molecular formula is C19H22FN3O2S. The third kappa shape index (κ3) is 4.47. The fraction of sp³-hybridized carbons (Fsp3) is 0.368. The van der Waals surface area contributed by atoms with Crippen molar-refractivity contribution in [3.05, 3.63) is 58.0 Å². The van der Waals surface area contributed by atoms with E-state index >= 15 is 0 Å². The van der Waals surface area contributed by atoms with Gasteiger partial charge >= 0.3 is 0 Å². The minimum absolute atomic E-state index is 0.0127. The molecule has 1 aromatic carbocycles. The van der Waals surface area contributed by atoms with Crippen molar-refractivity contribution in [1.29, 1.82) is 0 Å². The van der Waals surface area contributed by atoms with E-state index in [1.807, 2.05) is 18.4 Å². The van der Waals surface area contributed by atoms with Crippen LogP contribution in [-0.2, 0) is 11.3 Å². The Kier molecular flexibility index (Phi) is 6.00. The number of hydrogen-bond donors (Lipinski definition) is 2. The predicted molar refractivity (Wildman–Crippen MR) is 99.5 cm³/mol. The molecule has 0 aliphatic carbocycles. The van der Waals surface area contributed by atoms with Crippen LogP contribution in [0.2, 0.25) is 0 Å². The Hall–Kier alpha value is -2.25. The second kappa shape index (κ2) is 8.42. The van der Waals surface area contributed by atoms with E-state index in [9.17, 15) is 14.0 Å². The van der Waals surface area contributed by atoms with E-state index < -0.39 is 0 Å². The van der Waals surface area contributed by atoms with Crippen molar-refractivity contribution in [3.63, 3.8) is 0 Å². The van der Waals surface area contributed by atoms with Crippen LogP contribution in [0, 0.1) is 5.82 Å². The summed E-state index contributed by atoms with van der Waals surface area (Å²) in [4.78, 5) is 26.9. The molecule has 0 bridgehead atoms. The van der Waals surface area contributed by atoms with Gasteiger partial charge in [0.15, 0.2) is 0 Å². The van der Waals surface area contributed by atoms with Crippen LogP contribution < -0.4 is 10.6 Å². The number of thiophene rings is 1. The molecule has 0 saturated carbocycles. The van der Waals surface area contributed by atoms with Crippen LogP contribution in [0.25, 0.3) is 0 Å². The first-order valence-electron chi connectivity index (χ1n) is 8.66. The lowest BCUT2D eigenvalue weighted by atomic mass is 10.1. The Balaban J connectivity index is 1.67. The first-order chi connectivity index (χ1) is 12.6. The number of likely N-dealkylation sites (tertiary alicyclic amines) is 1. The summed E-state index contributed by atoms with van der Waals surface area (Å²) in [5, 5.41) is 9.93. The van der Waals surface area contributed by atoms with Crippen molar-refractivity contribution >= 4 is 23.2 Å². The van der Waals surface area contributed by atoms with Gasteiger partial charge < -0.3 is 10.6 Å². The highest BCUT2D eigenvalue weighted by Gasteiger charge is 2.37. The fourth-order valence-corrected chi connectivity index (χ4v) is 3.89. The molecule has 1 aliphatic heterocycles. The van der Waals surface area contributed by atoms with Gasteiger partial charge in [-0.05, 0) is 60.0 Å². The van der Waals surface area contributed by atoms with Crippen LogP contribution in [0.3, 0.4) is 0 Å². The Bertz CT molecular complexity index is 749. The number of carbonyl (C=O) groups excluding carboxylic acids is 2. The molecule has 0 spiro atoms. The van der Waals surface area contributed by atoms with Gasteiger partial charge in [-0.1, -0.05) is 0 Å². The molecule has 2 atom stereocenters. The van der Waals surface area contributed by atoms with Gasteiger partial charge in [0.2, 0.25) is 5.91 Å². The lowest BCUT2D eigenvalue weighted by Crippen LogP contribution is -2.42. The van der Waals surface area contributed by atoms with Crippen LogP contribution in [0.1, 0.15) is 29.3 Å². The van der Waals surface area contributed by atoms with E-state index in [4.69, 9.17) is 0 Å². The Morgan fingerprint density at radius 2 is 2.04 bits per heavy atom. The Morgan fingerprint density at radius 3 is 2.69 bits per heavy atom. The summed E-state index contributed by atoms with van der Waals surface area (Å²) in [6.07, 6.45) is 0.558. The second-order valence-electron chi connectivity index (χ2n) is 6.38. The van der Waals surface area contributed by atoms with Crippen molar-refractivity contribution in [3.8, 4) is 0 Å². The highest BCUT2D eigenvalue weighted by Crippen LogP contribution is 2.22. The first-order valence-corrected chi connectivity index (χ1v) is 9.60. The molecule has 5 nitrogen and oxygen atoms in total. The third-order valence-corrected chi connectivity index (χ3v) is 5.20. The van der Waals surface area contributed by atoms with Gasteiger partial charge in [0.25, 0.3) is 5.91 Å². The summed E-state index contributed by atoms with van der Waals surface area (Å²) in [6, 6.07) is 7.11. The summed E-state index contributed by atoms with van der Waals surface area (Å²) in [6.45, 7) is 3.75. The molecule has 0 radical (unpaired) electrons. The molecule has 1 saturated heterocycles. The molecule has 1 aromatic heterocycles. The van der Waals surface area contributed by atoms with Crippen LogP contribution in [0.4, 0.5) is 4.39 Å². The number of benzene rings is 1. The topological polar surface area (TPSA) is 61.4 Å². The third-order valence-electron chi connectivity index (χ3n) is 4.46. The summed E-state index contributed by atoms with van der Waals surface area (Å²) < 4.78 is 13.0. The van der Waals surface area contributed by atoms with Gasteiger partial charge in [0.05, 0.1) is 6.04 Å². The average Bonchev–Trinajstić information content (AvgIpc) is 3.26. The van der Waals surface area contributed by atoms with Gasteiger partial charge in [-0.3, -0.25) is 14.5 Å². The van der Waals surface area contributed by atoms with Gasteiger partial charge in [-0.25, -0.2) is 4.39 Å². The molecular weight excluding hydrogens is 353 g/mol. The van der Waals surface area contributed by atoms with Crippen molar-refractivity contribution in [2.75, 3.05) is 13.1 Å². The lowest BCUT2D eigenvalue weighted by Gasteiger charge is -2.22. The van der Waals surface area contributed by atoms with Crippen molar-refractivity contribution in [2.24, 2.45) is 0 Å². The minimum Gasteiger partial charge on any atom is -0.355 e. The molecule has 1 aliphatic rings. The lowest BCUT2D eigenvalue weighted by molar-refractivity contribution is -0.125. The first kappa shape index (κ1) is 18.5. The second-order valence-corrected chi connectivity index (χ2v) is 7.16. The number of nitrogens with one attached hydrogen (secondary N) is 2. The quantitative estimate of drug-likeness (QED) is 0.815. The predicted octanol–water partition coefficient (Wildman–Crippen LogP) is 2.40. The standard InChI is InChI=1S/C19H22FN3O2S/c1-2-21-19(25)17-9-16(11-23(17)10-13-7-8-26-12-13)22-18(24)14-3-5-15(20)6-4-14/h3-8,12,16-17H,2,9-11H2,1H3,(H,21,25)(H,22,24)/t16-,17-/m0/s1. The molecule has 26 heavy (non-hydrogen) atoms. The Morgan fingerprint density at radius 1 is 1.27 bits per heavy atom. The Labute approximate surface area is 156 Å². The molecule has 3 rings (SSSR count). The molecule has 7 heteroatoms. The minimum atomic E-state index is -0.374. The van der Waals surface area contributed by atoms with Crippen LogP contribution >= 0.6 is 11.3 Å². The zero-order chi connectivity index (χ0) is 18.5. The zero-order valence-electron chi connectivity index (χ0n) is 14.6. The van der Waals surface area contributed by atoms with Crippen LogP contribution in [-0.4, -0.2) is 41.9 Å². The van der Waals surface area contributed by atoms with Crippen molar-refractivity contribution in [1.82, 2.24) is 15.5 Å². The van der Waals surface area contributed by atoms with Crippen LogP contribution in [0.15, 0.2) is 41.1 Å². The van der Waals surface area contributed by atoms with Gasteiger partial charge in [-0.15, -0.1) is 0 Å². The van der Waals surface area contributed by atoms with E-state index in [2.05, 4.69) is 20.9 Å². The highest BCUT2D eigenvalue weighted by atomic mass is 32.1. The molecule has 0 unspecified atom stereocenters. The van der Waals surface area contributed by atoms with E-state index in [1.165, 1.54) is 24.3 Å². The normalized spacial score (nSPS) is 20.1.